The topological polar surface area (TPSA) is 70.7 Å². The van der Waals surface area contributed by atoms with Gasteiger partial charge in [-0.25, -0.2) is 19.3 Å². The molecule has 1 aromatic carbocycles. The van der Waals surface area contributed by atoms with Crippen LogP contribution in [-0.2, 0) is 11.8 Å². The fourth-order valence-corrected chi connectivity index (χ4v) is 3.82. The van der Waals surface area contributed by atoms with Gasteiger partial charge in [-0.2, -0.15) is 4.98 Å². The molecule has 138 valence electrons. The zero-order valence-corrected chi connectivity index (χ0v) is 15.3. The van der Waals surface area contributed by atoms with Crippen molar-refractivity contribution in [2.75, 3.05) is 13.2 Å². The summed E-state index contributed by atoms with van der Waals surface area (Å²) in [5, 5.41) is 0.0893. The van der Waals surface area contributed by atoms with Crippen molar-refractivity contribution in [1.29, 1.82) is 0 Å². The minimum atomic E-state index is -0.357. The summed E-state index contributed by atoms with van der Waals surface area (Å²) in [6.45, 7) is 1.33. The van der Waals surface area contributed by atoms with Gasteiger partial charge in [0.1, 0.15) is 22.5 Å². The smallest absolute Gasteiger partial charge is 0.225 e. The van der Waals surface area contributed by atoms with Crippen molar-refractivity contribution in [3.63, 3.8) is 0 Å². The van der Waals surface area contributed by atoms with E-state index in [-0.39, 0.29) is 17.1 Å². The van der Waals surface area contributed by atoms with E-state index in [2.05, 4.69) is 19.9 Å². The largest absolute Gasteiger partial charge is 0.379 e. The van der Waals surface area contributed by atoms with E-state index in [4.69, 9.17) is 16.3 Å². The molecule has 0 aliphatic carbocycles. The fourth-order valence-electron chi connectivity index (χ4n) is 3.66. The first-order valence-electron chi connectivity index (χ1n) is 8.70. The van der Waals surface area contributed by atoms with Crippen molar-refractivity contribution < 1.29 is 9.13 Å². The molecule has 1 fully saturated rings. The molecule has 0 amide bonds. The molecule has 0 N–H and O–H groups in total. The highest BCUT2D eigenvalue weighted by Gasteiger charge is 2.22. The lowest BCUT2D eigenvalue weighted by molar-refractivity contribution is 0.0603. The van der Waals surface area contributed by atoms with Crippen LogP contribution in [0.25, 0.3) is 33.5 Å². The minimum absolute atomic E-state index is 0.0893. The van der Waals surface area contributed by atoms with Crippen LogP contribution in [0.4, 0.5) is 4.39 Å². The lowest BCUT2D eigenvalue weighted by Gasteiger charge is -2.24. The molecular formula is C18H16ClFN6O. The Morgan fingerprint density at radius 2 is 2.11 bits per heavy atom. The predicted molar refractivity (Wildman–Crippen MR) is 99.1 cm³/mol. The summed E-state index contributed by atoms with van der Waals surface area (Å²) in [7, 11) is 1.82. The zero-order chi connectivity index (χ0) is 18.5. The number of fused-ring (bicyclic) bond motifs is 2. The number of imidazole rings is 2. The van der Waals surface area contributed by atoms with Crippen molar-refractivity contribution in [2.24, 2.45) is 7.05 Å². The Kier molecular flexibility index (Phi) is 3.84. The number of ether oxygens (including phenoxy) is 1. The van der Waals surface area contributed by atoms with Gasteiger partial charge in [-0.05, 0) is 36.6 Å². The van der Waals surface area contributed by atoms with Crippen LogP contribution in [0.1, 0.15) is 18.9 Å². The molecule has 9 heteroatoms. The first-order chi connectivity index (χ1) is 13.1. The minimum Gasteiger partial charge on any atom is -0.379 e. The molecule has 4 aromatic rings. The first kappa shape index (κ1) is 16.6. The number of halogens is 2. The number of nitrogens with zero attached hydrogens (tertiary/aromatic N) is 6. The molecule has 3 aromatic heterocycles. The van der Waals surface area contributed by atoms with Gasteiger partial charge in [0, 0.05) is 19.2 Å². The normalized spacial score (nSPS) is 17.8. The summed E-state index contributed by atoms with van der Waals surface area (Å²) in [4.78, 5) is 17.2. The fraction of sp³-hybridized carbons (Fsp3) is 0.333. The van der Waals surface area contributed by atoms with E-state index in [1.165, 1.54) is 6.07 Å². The van der Waals surface area contributed by atoms with E-state index >= 15 is 4.39 Å². The standard InChI is InChI=1S/C18H16ClFN6O/c1-25-8-22-15-14(23-18(19)24-17(15)25)10-5-12(20)16-13(6-10)21-9-26(16)11-3-2-4-27-7-11/h5-6,8-9,11H,2-4,7H2,1H3. The van der Waals surface area contributed by atoms with E-state index in [9.17, 15) is 0 Å². The summed E-state index contributed by atoms with van der Waals surface area (Å²) >= 11 is 6.08. The maximum Gasteiger partial charge on any atom is 0.225 e. The molecule has 1 atom stereocenters. The molecule has 27 heavy (non-hydrogen) atoms. The Balaban J connectivity index is 1.68. The molecule has 0 bridgehead atoms. The van der Waals surface area contributed by atoms with Crippen molar-refractivity contribution >= 4 is 33.8 Å². The lowest BCUT2D eigenvalue weighted by atomic mass is 10.1. The SMILES string of the molecule is Cn1cnc2c(-c3cc(F)c4c(c3)ncn4C3CCCOC3)nc(Cl)nc21. The summed E-state index contributed by atoms with van der Waals surface area (Å²) in [5.74, 6) is -0.357. The van der Waals surface area contributed by atoms with Crippen LogP contribution in [0.15, 0.2) is 24.8 Å². The Labute approximate surface area is 158 Å². The molecular weight excluding hydrogens is 371 g/mol. The average Bonchev–Trinajstić information content (AvgIpc) is 3.26. The summed E-state index contributed by atoms with van der Waals surface area (Å²) < 4.78 is 24.2. The Bertz CT molecular complexity index is 1160. The first-order valence-corrected chi connectivity index (χ1v) is 9.08. The van der Waals surface area contributed by atoms with Crippen molar-refractivity contribution in [3.8, 4) is 11.3 Å². The Morgan fingerprint density at radius 3 is 2.93 bits per heavy atom. The van der Waals surface area contributed by atoms with E-state index in [1.54, 1.807) is 17.2 Å². The molecule has 7 nitrogen and oxygen atoms in total. The van der Waals surface area contributed by atoms with Crippen LogP contribution < -0.4 is 0 Å². The summed E-state index contributed by atoms with van der Waals surface area (Å²) in [6.07, 6.45) is 5.22. The van der Waals surface area contributed by atoms with Gasteiger partial charge >= 0.3 is 0 Å². The Hall–Kier alpha value is -2.58. The summed E-state index contributed by atoms with van der Waals surface area (Å²) in [6, 6.07) is 3.36. The maximum absolute atomic E-state index is 15.1. The molecule has 4 heterocycles. The molecule has 5 rings (SSSR count). The summed E-state index contributed by atoms with van der Waals surface area (Å²) in [5.41, 5.74) is 3.26. The third-order valence-electron chi connectivity index (χ3n) is 4.96. The van der Waals surface area contributed by atoms with Gasteiger partial charge in [0.25, 0.3) is 0 Å². The van der Waals surface area contributed by atoms with Crippen LogP contribution >= 0.6 is 11.6 Å². The lowest BCUT2D eigenvalue weighted by Crippen LogP contribution is -2.20. The van der Waals surface area contributed by atoms with Crippen molar-refractivity contribution in [2.45, 2.75) is 18.9 Å². The molecule has 0 spiro atoms. The zero-order valence-electron chi connectivity index (χ0n) is 14.6. The number of benzene rings is 1. The number of hydrogen-bond donors (Lipinski definition) is 0. The van der Waals surface area contributed by atoms with Gasteiger partial charge in [0.15, 0.2) is 5.65 Å². The van der Waals surface area contributed by atoms with Gasteiger partial charge in [-0.1, -0.05) is 0 Å². The quantitative estimate of drug-likeness (QED) is 0.493. The van der Waals surface area contributed by atoms with Gasteiger partial charge in [0.2, 0.25) is 5.28 Å². The van der Waals surface area contributed by atoms with E-state index in [1.807, 2.05) is 17.7 Å². The van der Waals surface area contributed by atoms with Gasteiger partial charge in [-0.15, -0.1) is 0 Å². The van der Waals surface area contributed by atoms with Crippen LogP contribution in [0.5, 0.6) is 0 Å². The van der Waals surface area contributed by atoms with E-state index in [0.717, 1.165) is 19.4 Å². The second-order valence-corrected chi connectivity index (χ2v) is 7.06. The second kappa shape index (κ2) is 6.24. The molecule has 1 saturated heterocycles. The predicted octanol–water partition coefficient (Wildman–Crippen LogP) is 3.52. The highest BCUT2D eigenvalue weighted by Crippen LogP contribution is 2.32. The number of hydrogen-bond acceptors (Lipinski definition) is 5. The molecule has 1 aliphatic rings. The van der Waals surface area contributed by atoms with Gasteiger partial charge in [0.05, 0.1) is 30.8 Å². The van der Waals surface area contributed by atoms with E-state index < -0.39 is 0 Å². The van der Waals surface area contributed by atoms with Crippen LogP contribution in [0.3, 0.4) is 0 Å². The molecule has 1 aliphatic heterocycles. The van der Waals surface area contributed by atoms with Crippen molar-refractivity contribution in [3.05, 3.63) is 35.9 Å². The molecule has 1 unspecified atom stereocenters. The third kappa shape index (κ3) is 2.67. The maximum atomic E-state index is 15.1. The monoisotopic (exact) mass is 386 g/mol. The van der Waals surface area contributed by atoms with Crippen LogP contribution in [-0.4, -0.2) is 42.3 Å². The van der Waals surface area contributed by atoms with Gasteiger partial charge < -0.3 is 13.9 Å². The number of aromatic nitrogens is 6. The third-order valence-corrected chi connectivity index (χ3v) is 5.13. The average molecular weight is 387 g/mol. The van der Waals surface area contributed by atoms with E-state index in [0.29, 0.717) is 40.1 Å². The Morgan fingerprint density at radius 1 is 1.22 bits per heavy atom. The van der Waals surface area contributed by atoms with Gasteiger partial charge in [-0.3, -0.25) is 0 Å². The second-order valence-electron chi connectivity index (χ2n) is 6.72. The number of aryl methyl sites for hydroxylation is 1. The van der Waals surface area contributed by atoms with Crippen molar-refractivity contribution in [1.82, 2.24) is 29.1 Å². The van der Waals surface area contributed by atoms with Crippen LogP contribution in [0, 0.1) is 5.82 Å². The highest BCUT2D eigenvalue weighted by atomic mass is 35.5. The number of rotatable bonds is 2. The molecule has 0 saturated carbocycles. The molecule has 0 radical (unpaired) electrons. The van der Waals surface area contributed by atoms with Crippen LogP contribution in [0.2, 0.25) is 5.28 Å². The highest BCUT2D eigenvalue weighted by molar-refractivity contribution is 6.28.